The quantitative estimate of drug-likeness (QED) is 0.291. The number of piperazine rings is 1. The number of amides is 5. The molecule has 37 heavy (non-hydrogen) atoms. The van der Waals surface area contributed by atoms with Crippen molar-refractivity contribution in [3.8, 4) is 5.75 Å². The standard InChI is InChI=1S/C23H24BN5O8/c1-2-28-9-10-29(21(32)20(28)31)23(35)27-17(14-6-4-8-25-12-14)19(30)26-16-11-13-5-3-7-15(22(33)34)18(13)37-24(16)36/h3-8,12,16-17,36H,2,9-11H2,1H3,(H,26,30)(H,27,35)(H,33,34)/t16-,17?/m0/s1. The molecule has 1 unspecified atom stereocenters. The fourth-order valence-electron chi connectivity index (χ4n) is 4.20. The van der Waals surface area contributed by atoms with Crippen LogP contribution in [0.4, 0.5) is 4.79 Å². The second-order valence-electron chi connectivity index (χ2n) is 8.44. The number of aromatic nitrogens is 1. The maximum atomic E-state index is 13.3. The zero-order chi connectivity index (χ0) is 26.7. The van der Waals surface area contributed by atoms with Crippen molar-refractivity contribution in [1.82, 2.24) is 25.4 Å². The number of para-hydroxylation sites is 1. The van der Waals surface area contributed by atoms with E-state index in [0.717, 1.165) is 4.90 Å². The van der Waals surface area contributed by atoms with E-state index in [1.54, 1.807) is 25.1 Å². The second-order valence-corrected chi connectivity index (χ2v) is 8.44. The summed E-state index contributed by atoms with van der Waals surface area (Å²) in [6.45, 7) is 2.17. The molecule has 1 saturated heterocycles. The Morgan fingerprint density at radius 2 is 1.97 bits per heavy atom. The molecule has 13 nitrogen and oxygen atoms in total. The summed E-state index contributed by atoms with van der Waals surface area (Å²) >= 11 is 0. The van der Waals surface area contributed by atoms with Crippen LogP contribution in [0.1, 0.15) is 34.5 Å². The Bertz CT molecular complexity index is 1240. The van der Waals surface area contributed by atoms with Gasteiger partial charge in [0.2, 0.25) is 5.91 Å². The average molecular weight is 509 g/mol. The fourth-order valence-corrected chi connectivity index (χ4v) is 4.20. The van der Waals surface area contributed by atoms with Gasteiger partial charge in [0.1, 0.15) is 11.8 Å². The Morgan fingerprint density at radius 3 is 2.65 bits per heavy atom. The average Bonchev–Trinajstić information content (AvgIpc) is 2.89. The highest BCUT2D eigenvalue weighted by Crippen LogP contribution is 2.30. The van der Waals surface area contributed by atoms with Crippen LogP contribution < -0.4 is 15.3 Å². The molecule has 1 fully saturated rings. The topological polar surface area (TPSA) is 178 Å². The number of carbonyl (C=O) groups is 5. The third-order valence-electron chi connectivity index (χ3n) is 6.16. The summed E-state index contributed by atoms with van der Waals surface area (Å²) in [5.74, 6) is -4.74. The Balaban J connectivity index is 1.52. The lowest BCUT2D eigenvalue weighted by Gasteiger charge is -2.33. The van der Waals surface area contributed by atoms with E-state index in [2.05, 4.69) is 15.6 Å². The van der Waals surface area contributed by atoms with Crippen LogP contribution in [0.15, 0.2) is 42.7 Å². The molecule has 14 heteroatoms. The third kappa shape index (κ3) is 5.23. The molecule has 0 spiro atoms. The van der Waals surface area contributed by atoms with E-state index in [9.17, 15) is 34.1 Å². The molecule has 5 amide bonds. The van der Waals surface area contributed by atoms with Gasteiger partial charge in [-0.25, -0.2) is 9.59 Å². The molecule has 0 radical (unpaired) electrons. The minimum Gasteiger partial charge on any atom is -0.534 e. The Labute approximate surface area is 211 Å². The fraction of sp³-hybridized carbons (Fsp3) is 0.304. The number of urea groups is 1. The number of nitrogens with one attached hydrogen (secondary N) is 2. The van der Waals surface area contributed by atoms with Crippen molar-refractivity contribution < 1.29 is 38.8 Å². The molecule has 2 aliphatic heterocycles. The zero-order valence-electron chi connectivity index (χ0n) is 19.8. The number of benzene rings is 1. The van der Waals surface area contributed by atoms with Gasteiger partial charge in [0.15, 0.2) is 0 Å². The van der Waals surface area contributed by atoms with Gasteiger partial charge in [-0.05, 0) is 31.0 Å². The lowest BCUT2D eigenvalue weighted by Crippen LogP contribution is -2.60. The molecule has 3 heterocycles. The lowest BCUT2D eigenvalue weighted by molar-refractivity contribution is -0.153. The number of hydrogen-bond acceptors (Lipinski definition) is 8. The molecular weight excluding hydrogens is 485 g/mol. The van der Waals surface area contributed by atoms with Crippen LogP contribution in [0.2, 0.25) is 0 Å². The molecule has 2 aromatic rings. The van der Waals surface area contributed by atoms with Crippen molar-refractivity contribution in [1.29, 1.82) is 0 Å². The van der Waals surface area contributed by atoms with E-state index in [-0.39, 0.29) is 30.8 Å². The van der Waals surface area contributed by atoms with Gasteiger partial charge in [0, 0.05) is 37.6 Å². The number of carbonyl (C=O) groups excluding carboxylic acids is 4. The highest BCUT2D eigenvalue weighted by molar-refractivity contribution is 6.47. The second kappa shape index (κ2) is 10.7. The van der Waals surface area contributed by atoms with Crippen LogP contribution in [-0.2, 0) is 20.8 Å². The molecule has 4 N–H and O–H groups in total. The first-order valence-corrected chi connectivity index (χ1v) is 11.5. The molecule has 0 aliphatic carbocycles. The number of hydrogen-bond donors (Lipinski definition) is 4. The summed E-state index contributed by atoms with van der Waals surface area (Å²) in [6, 6.07) is 5.32. The zero-order valence-corrected chi connectivity index (χ0v) is 19.8. The Hall–Kier alpha value is -4.46. The van der Waals surface area contributed by atoms with Crippen molar-refractivity contribution in [2.75, 3.05) is 19.6 Å². The van der Waals surface area contributed by atoms with Crippen LogP contribution >= 0.6 is 0 Å². The van der Waals surface area contributed by atoms with Crippen LogP contribution in [0.3, 0.4) is 0 Å². The normalized spacial score (nSPS) is 18.0. The van der Waals surface area contributed by atoms with Gasteiger partial charge in [-0.15, -0.1) is 0 Å². The van der Waals surface area contributed by atoms with E-state index < -0.39 is 48.8 Å². The summed E-state index contributed by atoms with van der Waals surface area (Å²) in [7, 11) is -1.57. The molecule has 2 aliphatic rings. The van der Waals surface area contributed by atoms with E-state index in [1.165, 1.54) is 29.4 Å². The van der Waals surface area contributed by atoms with E-state index in [1.807, 2.05) is 0 Å². The SMILES string of the molecule is CCN1CCN(C(=O)NC(C(=O)N[C@H]2Cc3cccc(C(=O)O)c3OB2O)c2cccnc2)C(=O)C1=O. The lowest BCUT2D eigenvalue weighted by atomic mass is 9.72. The molecule has 1 aromatic carbocycles. The number of fused-ring (bicyclic) bond motifs is 1. The predicted octanol–water partition coefficient (Wildman–Crippen LogP) is -0.639. The number of pyridine rings is 1. The predicted molar refractivity (Wildman–Crippen MR) is 127 cm³/mol. The molecular formula is C23H24BN5O8. The van der Waals surface area contributed by atoms with E-state index in [4.69, 9.17) is 4.65 Å². The molecule has 2 atom stereocenters. The van der Waals surface area contributed by atoms with Gasteiger partial charge >= 0.3 is 30.9 Å². The number of rotatable bonds is 6. The van der Waals surface area contributed by atoms with Crippen LogP contribution in [0.5, 0.6) is 5.75 Å². The summed E-state index contributed by atoms with van der Waals surface area (Å²) in [5, 5.41) is 25.0. The molecule has 0 saturated carbocycles. The van der Waals surface area contributed by atoms with Crippen molar-refractivity contribution in [3.63, 3.8) is 0 Å². The van der Waals surface area contributed by atoms with Gasteiger partial charge in [-0.3, -0.25) is 24.3 Å². The maximum absolute atomic E-state index is 13.3. The summed E-state index contributed by atoms with van der Waals surface area (Å²) in [4.78, 5) is 68.4. The minimum atomic E-state index is -1.57. The van der Waals surface area contributed by atoms with Gasteiger partial charge in [0.25, 0.3) is 0 Å². The van der Waals surface area contributed by atoms with Crippen LogP contribution in [-0.4, -0.2) is 87.3 Å². The van der Waals surface area contributed by atoms with Crippen molar-refractivity contribution in [2.24, 2.45) is 0 Å². The Kier molecular flexibility index (Phi) is 7.38. The monoisotopic (exact) mass is 509 g/mol. The molecule has 192 valence electrons. The van der Waals surface area contributed by atoms with E-state index >= 15 is 0 Å². The number of aromatic carboxylic acids is 1. The Morgan fingerprint density at radius 1 is 1.19 bits per heavy atom. The van der Waals surface area contributed by atoms with Crippen LogP contribution in [0, 0.1) is 0 Å². The number of nitrogens with zero attached hydrogens (tertiary/aromatic N) is 3. The van der Waals surface area contributed by atoms with Crippen molar-refractivity contribution >= 4 is 36.8 Å². The van der Waals surface area contributed by atoms with Crippen molar-refractivity contribution in [3.05, 3.63) is 59.4 Å². The highest BCUT2D eigenvalue weighted by Gasteiger charge is 2.40. The van der Waals surface area contributed by atoms with Gasteiger partial charge in [-0.2, -0.15) is 0 Å². The number of carboxylic acids is 1. The number of likely N-dealkylation sites (N-methyl/N-ethyl adjacent to an activating group) is 1. The first-order valence-electron chi connectivity index (χ1n) is 11.5. The summed E-state index contributed by atoms with van der Waals surface area (Å²) in [5.41, 5.74) is 0.638. The van der Waals surface area contributed by atoms with Crippen LogP contribution in [0.25, 0.3) is 0 Å². The van der Waals surface area contributed by atoms with Gasteiger partial charge < -0.3 is 30.3 Å². The number of carboxylic acid groups (broad SMARTS) is 1. The maximum Gasteiger partial charge on any atom is 0.547 e. The van der Waals surface area contributed by atoms with Gasteiger partial charge in [0.05, 0.1) is 11.5 Å². The summed E-state index contributed by atoms with van der Waals surface area (Å²) in [6.07, 6.45) is 2.89. The molecule has 1 aromatic heterocycles. The largest absolute Gasteiger partial charge is 0.547 e. The highest BCUT2D eigenvalue weighted by atomic mass is 16.5. The smallest absolute Gasteiger partial charge is 0.534 e. The van der Waals surface area contributed by atoms with Gasteiger partial charge in [-0.1, -0.05) is 18.2 Å². The first kappa shape index (κ1) is 25.6. The number of imide groups is 1. The minimum absolute atomic E-state index is 0.0134. The van der Waals surface area contributed by atoms with Crippen molar-refractivity contribution in [2.45, 2.75) is 25.3 Å². The third-order valence-corrected chi connectivity index (χ3v) is 6.16. The summed E-state index contributed by atoms with van der Waals surface area (Å²) < 4.78 is 5.41. The first-order chi connectivity index (χ1) is 17.7. The molecule has 0 bridgehead atoms. The molecule has 4 rings (SSSR count). The van der Waals surface area contributed by atoms with E-state index in [0.29, 0.717) is 17.7 Å².